The van der Waals surface area contributed by atoms with Crippen LogP contribution in [0.1, 0.15) is 24.9 Å². The van der Waals surface area contributed by atoms with E-state index in [1.807, 2.05) is 0 Å². The summed E-state index contributed by atoms with van der Waals surface area (Å²) in [6.07, 6.45) is -0.320. The van der Waals surface area contributed by atoms with E-state index in [2.05, 4.69) is 0 Å². The number of aliphatic hydroxyl groups is 1. The Balaban J connectivity index is 0.00000196. The van der Waals surface area contributed by atoms with Crippen LogP contribution in [0.5, 0.6) is 5.75 Å². The number of phenols is 1. The van der Waals surface area contributed by atoms with Crippen LogP contribution in [0.4, 0.5) is 4.39 Å². The van der Waals surface area contributed by atoms with Gasteiger partial charge in [0.05, 0.1) is 12.1 Å². The SMILES string of the molecule is CC[C@@H](O)[C@@H](N)c1cccc(F)c1O.Cl. The first-order valence-corrected chi connectivity index (χ1v) is 4.49. The number of nitrogens with two attached hydrogens (primary N) is 1. The highest BCUT2D eigenvalue weighted by molar-refractivity contribution is 5.85. The van der Waals surface area contributed by atoms with E-state index in [4.69, 9.17) is 5.73 Å². The van der Waals surface area contributed by atoms with E-state index in [-0.39, 0.29) is 18.0 Å². The molecule has 4 N–H and O–H groups in total. The summed E-state index contributed by atoms with van der Waals surface area (Å²) in [6, 6.07) is 3.34. The first-order chi connectivity index (χ1) is 6.57. The van der Waals surface area contributed by atoms with E-state index >= 15 is 0 Å². The number of para-hydroxylation sites is 1. The van der Waals surface area contributed by atoms with Crippen LogP contribution in [0.3, 0.4) is 0 Å². The Kier molecular flexibility index (Phi) is 5.57. The molecule has 1 rings (SSSR count). The fraction of sp³-hybridized carbons (Fsp3) is 0.400. The number of phenolic OH excluding ortho intramolecular Hbond substituents is 1. The fourth-order valence-corrected chi connectivity index (χ4v) is 1.26. The van der Waals surface area contributed by atoms with Gasteiger partial charge in [-0.15, -0.1) is 12.4 Å². The van der Waals surface area contributed by atoms with Crippen LogP contribution >= 0.6 is 12.4 Å². The molecule has 0 radical (unpaired) electrons. The van der Waals surface area contributed by atoms with Crippen molar-refractivity contribution in [3.8, 4) is 5.75 Å². The number of aliphatic hydroxyl groups excluding tert-OH is 1. The number of aromatic hydroxyl groups is 1. The van der Waals surface area contributed by atoms with Gasteiger partial charge in [-0.2, -0.15) is 0 Å². The first-order valence-electron chi connectivity index (χ1n) is 4.49. The van der Waals surface area contributed by atoms with Gasteiger partial charge in [-0.1, -0.05) is 19.1 Å². The largest absolute Gasteiger partial charge is 0.505 e. The zero-order valence-corrected chi connectivity index (χ0v) is 9.17. The molecule has 1 aromatic carbocycles. The van der Waals surface area contributed by atoms with Crippen molar-refractivity contribution in [2.75, 3.05) is 0 Å². The molecule has 86 valence electrons. The van der Waals surface area contributed by atoms with Gasteiger partial charge in [-0.3, -0.25) is 0 Å². The molecule has 5 heteroatoms. The van der Waals surface area contributed by atoms with Gasteiger partial charge >= 0.3 is 0 Å². The van der Waals surface area contributed by atoms with E-state index in [0.717, 1.165) is 6.07 Å². The van der Waals surface area contributed by atoms with Crippen molar-refractivity contribution in [1.29, 1.82) is 0 Å². The van der Waals surface area contributed by atoms with Gasteiger partial charge in [0.2, 0.25) is 0 Å². The van der Waals surface area contributed by atoms with Crippen LogP contribution in [0, 0.1) is 5.82 Å². The summed E-state index contributed by atoms with van der Waals surface area (Å²) in [5.74, 6) is -1.20. The second-order valence-electron chi connectivity index (χ2n) is 3.18. The second-order valence-corrected chi connectivity index (χ2v) is 3.18. The Morgan fingerprint density at radius 3 is 2.60 bits per heavy atom. The smallest absolute Gasteiger partial charge is 0.165 e. The predicted octanol–water partition coefficient (Wildman–Crippen LogP) is 1.72. The maximum Gasteiger partial charge on any atom is 0.165 e. The molecule has 0 aromatic heterocycles. The summed E-state index contributed by atoms with van der Waals surface area (Å²) in [5, 5.41) is 18.8. The summed E-state index contributed by atoms with van der Waals surface area (Å²) in [7, 11) is 0. The molecule has 0 aliphatic heterocycles. The summed E-state index contributed by atoms with van der Waals surface area (Å²) < 4.78 is 12.9. The fourth-order valence-electron chi connectivity index (χ4n) is 1.26. The predicted molar refractivity (Wildman–Crippen MR) is 58.5 cm³/mol. The number of hydrogen-bond donors (Lipinski definition) is 3. The first kappa shape index (κ1) is 14.2. The van der Waals surface area contributed by atoms with Crippen LogP contribution in [0.15, 0.2) is 18.2 Å². The van der Waals surface area contributed by atoms with Gasteiger partial charge in [-0.25, -0.2) is 4.39 Å². The van der Waals surface area contributed by atoms with Gasteiger partial charge in [0.15, 0.2) is 11.6 Å². The number of rotatable bonds is 3. The van der Waals surface area contributed by atoms with E-state index in [9.17, 15) is 14.6 Å². The van der Waals surface area contributed by atoms with Crippen LogP contribution in [-0.2, 0) is 0 Å². The minimum absolute atomic E-state index is 0. The Morgan fingerprint density at radius 2 is 2.07 bits per heavy atom. The lowest BCUT2D eigenvalue weighted by atomic mass is 9.99. The van der Waals surface area contributed by atoms with Gasteiger partial charge in [0.1, 0.15) is 0 Å². The van der Waals surface area contributed by atoms with Crippen molar-refractivity contribution in [3.05, 3.63) is 29.6 Å². The molecule has 15 heavy (non-hydrogen) atoms. The number of halogens is 2. The van der Waals surface area contributed by atoms with Gasteiger partial charge < -0.3 is 15.9 Å². The van der Waals surface area contributed by atoms with E-state index < -0.39 is 23.7 Å². The molecule has 0 bridgehead atoms. The van der Waals surface area contributed by atoms with Crippen LogP contribution in [0.2, 0.25) is 0 Å². The van der Waals surface area contributed by atoms with Crippen LogP contribution < -0.4 is 5.73 Å². The average Bonchev–Trinajstić information content (AvgIpc) is 2.20. The Bertz CT molecular complexity index is 322. The zero-order chi connectivity index (χ0) is 10.7. The minimum Gasteiger partial charge on any atom is -0.505 e. The third kappa shape index (κ3) is 3.06. The van der Waals surface area contributed by atoms with Gasteiger partial charge in [-0.05, 0) is 12.5 Å². The lowest BCUT2D eigenvalue weighted by molar-refractivity contribution is 0.139. The monoisotopic (exact) mass is 235 g/mol. The van der Waals surface area contributed by atoms with Crippen LogP contribution in [0.25, 0.3) is 0 Å². The summed E-state index contributed by atoms with van der Waals surface area (Å²) in [6.45, 7) is 1.76. The van der Waals surface area contributed by atoms with Crippen molar-refractivity contribution in [2.24, 2.45) is 5.73 Å². The van der Waals surface area contributed by atoms with E-state index in [1.165, 1.54) is 12.1 Å². The zero-order valence-electron chi connectivity index (χ0n) is 8.35. The summed E-state index contributed by atoms with van der Waals surface area (Å²) in [5.41, 5.74) is 5.88. The van der Waals surface area contributed by atoms with Gasteiger partial charge in [0.25, 0.3) is 0 Å². The molecule has 0 fully saturated rings. The highest BCUT2D eigenvalue weighted by atomic mass is 35.5. The van der Waals surface area contributed by atoms with Crippen molar-refractivity contribution < 1.29 is 14.6 Å². The third-order valence-electron chi connectivity index (χ3n) is 2.21. The quantitative estimate of drug-likeness (QED) is 0.748. The molecule has 2 atom stereocenters. The molecular formula is C10H15ClFNO2. The Labute approximate surface area is 94.1 Å². The Hall–Kier alpha value is -0.840. The van der Waals surface area contributed by atoms with Crippen LogP contribution in [-0.4, -0.2) is 16.3 Å². The van der Waals surface area contributed by atoms with E-state index in [0.29, 0.717) is 6.42 Å². The number of hydrogen-bond acceptors (Lipinski definition) is 3. The van der Waals surface area contributed by atoms with Crippen molar-refractivity contribution in [2.45, 2.75) is 25.5 Å². The molecule has 0 aliphatic carbocycles. The Morgan fingerprint density at radius 1 is 1.47 bits per heavy atom. The highest BCUT2D eigenvalue weighted by Crippen LogP contribution is 2.27. The minimum atomic E-state index is -0.775. The van der Waals surface area contributed by atoms with Gasteiger partial charge in [0, 0.05) is 5.56 Å². The third-order valence-corrected chi connectivity index (χ3v) is 2.21. The van der Waals surface area contributed by atoms with E-state index in [1.54, 1.807) is 6.92 Å². The lowest BCUT2D eigenvalue weighted by Crippen LogP contribution is -2.25. The molecule has 0 spiro atoms. The van der Waals surface area contributed by atoms with Crippen molar-refractivity contribution in [1.82, 2.24) is 0 Å². The molecule has 0 saturated heterocycles. The molecule has 0 heterocycles. The maximum absolute atomic E-state index is 12.9. The molecule has 1 aromatic rings. The highest BCUT2D eigenvalue weighted by Gasteiger charge is 2.19. The molecule has 0 aliphatic rings. The molecule has 3 nitrogen and oxygen atoms in total. The topological polar surface area (TPSA) is 66.5 Å². The maximum atomic E-state index is 12.9. The van der Waals surface area contributed by atoms with Crippen molar-refractivity contribution >= 4 is 12.4 Å². The average molecular weight is 236 g/mol. The standard InChI is InChI=1S/C10H14FNO2.ClH/c1-2-8(13)9(12)6-4-3-5-7(11)10(6)14;/h3-5,8-9,13-14H,2,12H2,1H3;1H/t8-,9+;/m1./s1. The molecule has 0 unspecified atom stereocenters. The molecular weight excluding hydrogens is 221 g/mol. The molecule has 0 amide bonds. The van der Waals surface area contributed by atoms with Crippen molar-refractivity contribution in [3.63, 3.8) is 0 Å². The normalized spacial score (nSPS) is 14.1. The summed E-state index contributed by atoms with van der Waals surface area (Å²) in [4.78, 5) is 0. The molecule has 0 saturated carbocycles. The number of benzene rings is 1. The lowest BCUT2D eigenvalue weighted by Gasteiger charge is -2.18. The summed E-state index contributed by atoms with van der Waals surface area (Å²) >= 11 is 0. The second kappa shape index (κ2) is 5.90.